The lowest BCUT2D eigenvalue weighted by Crippen LogP contribution is -2.31. The van der Waals surface area contributed by atoms with Gasteiger partial charge in [-0.3, -0.25) is 4.79 Å². The van der Waals surface area contributed by atoms with E-state index in [2.05, 4.69) is 20.8 Å². The van der Waals surface area contributed by atoms with Crippen LogP contribution in [0.15, 0.2) is 50.1 Å². The molecule has 1 aromatic carbocycles. The Balaban J connectivity index is 1.40. The first-order valence-electron chi connectivity index (χ1n) is 10.1. The maximum Gasteiger partial charge on any atom is 0.349 e. The number of amides is 1. The number of nitrogens with zero attached hydrogens (tertiary/aromatic N) is 2. The summed E-state index contributed by atoms with van der Waals surface area (Å²) in [5.74, 6) is 1.08. The van der Waals surface area contributed by atoms with Crippen LogP contribution in [0, 0.1) is 6.92 Å². The summed E-state index contributed by atoms with van der Waals surface area (Å²) in [5.41, 5.74) is 1.05. The van der Waals surface area contributed by atoms with Crippen LogP contribution in [-0.4, -0.2) is 29.1 Å². The Hall–Kier alpha value is -3.26. The summed E-state index contributed by atoms with van der Waals surface area (Å²) < 4.78 is 10.7. The Morgan fingerprint density at radius 2 is 2.13 bits per heavy atom. The summed E-state index contributed by atoms with van der Waals surface area (Å²) in [7, 11) is 0. The topological polar surface area (TPSA) is 110 Å². The number of rotatable bonds is 6. The number of benzene rings is 1. The van der Waals surface area contributed by atoms with Crippen LogP contribution < -0.4 is 16.3 Å². The van der Waals surface area contributed by atoms with E-state index < -0.39 is 11.5 Å². The molecule has 1 amide bonds. The Labute approximate surface area is 173 Å². The lowest BCUT2D eigenvalue weighted by Gasteiger charge is -2.22. The normalized spacial score (nSPS) is 16.4. The van der Waals surface area contributed by atoms with Crippen molar-refractivity contribution in [3.63, 3.8) is 0 Å². The van der Waals surface area contributed by atoms with Crippen molar-refractivity contribution in [2.75, 3.05) is 13.1 Å². The predicted octanol–water partition coefficient (Wildman–Crippen LogP) is 2.32. The number of nitrogens with one attached hydrogen (secondary N) is 2. The molecule has 1 saturated heterocycles. The third-order valence-corrected chi connectivity index (χ3v) is 5.21. The minimum atomic E-state index is -0.622. The van der Waals surface area contributed by atoms with Crippen molar-refractivity contribution in [1.82, 2.24) is 20.8 Å². The third-order valence-electron chi connectivity index (χ3n) is 5.21. The maximum absolute atomic E-state index is 12.6. The summed E-state index contributed by atoms with van der Waals surface area (Å²) in [4.78, 5) is 29.3. The van der Waals surface area contributed by atoms with Gasteiger partial charge in [-0.2, -0.15) is 4.98 Å². The Morgan fingerprint density at radius 3 is 2.87 bits per heavy atom. The molecule has 8 nitrogen and oxygen atoms in total. The SMILES string of the molecule is Cc1cc(C2CCCNC2)oc(=O)c1C(=O)NCc1nc(Cc2ccccc2)no1. The van der Waals surface area contributed by atoms with Crippen molar-refractivity contribution in [2.24, 2.45) is 0 Å². The molecule has 8 heteroatoms. The molecule has 30 heavy (non-hydrogen) atoms. The van der Waals surface area contributed by atoms with Gasteiger partial charge in [0, 0.05) is 18.9 Å². The fourth-order valence-electron chi connectivity index (χ4n) is 3.66. The molecule has 0 bridgehead atoms. The Morgan fingerprint density at radius 1 is 1.30 bits per heavy atom. The van der Waals surface area contributed by atoms with Gasteiger partial charge in [-0.1, -0.05) is 35.5 Å². The second kappa shape index (κ2) is 9.04. The summed E-state index contributed by atoms with van der Waals surface area (Å²) in [6.07, 6.45) is 2.54. The molecule has 0 radical (unpaired) electrons. The standard InChI is InChI=1S/C22H24N4O4/c1-14-10-17(16-8-5-9-23-12-16)29-22(28)20(14)21(27)24-13-19-25-18(26-30-19)11-15-6-3-2-4-7-15/h2-4,6-7,10,16,23H,5,8-9,11-13H2,1H3,(H,24,27). The molecule has 0 spiro atoms. The van der Waals surface area contributed by atoms with Crippen LogP contribution in [-0.2, 0) is 13.0 Å². The van der Waals surface area contributed by atoms with Crippen LogP contribution in [0.3, 0.4) is 0 Å². The van der Waals surface area contributed by atoms with E-state index >= 15 is 0 Å². The van der Waals surface area contributed by atoms with Crippen molar-refractivity contribution < 1.29 is 13.7 Å². The lowest BCUT2D eigenvalue weighted by molar-refractivity contribution is 0.0941. The molecule has 1 fully saturated rings. The van der Waals surface area contributed by atoms with Gasteiger partial charge in [0.1, 0.15) is 11.3 Å². The number of hydrogen-bond acceptors (Lipinski definition) is 7. The number of aromatic nitrogens is 2. The molecule has 2 N–H and O–H groups in total. The van der Waals surface area contributed by atoms with Crippen molar-refractivity contribution in [1.29, 1.82) is 0 Å². The van der Waals surface area contributed by atoms with Gasteiger partial charge in [0.2, 0.25) is 5.89 Å². The molecule has 4 rings (SSSR count). The van der Waals surface area contributed by atoms with Gasteiger partial charge in [0.25, 0.3) is 5.91 Å². The molecule has 0 saturated carbocycles. The Bertz CT molecular complexity index is 1070. The van der Waals surface area contributed by atoms with E-state index in [0.29, 0.717) is 23.6 Å². The maximum atomic E-state index is 12.6. The minimum absolute atomic E-state index is 0.00606. The predicted molar refractivity (Wildman–Crippen MR) is 109 cm³/mol. The fourth-order valence-corrected chi connectivity index (χ4v) is 3.66. The van der Waals surface area contributed by atoms with E-state index in [1.165, 1.54) is 0 Å². The van der Waals surface area contributed by atoms with Crippen LogP contribution in [0.4, 0.5) is 0 Å². The Kier molecular flexibility index (Phi) is 6.04. The monoisotopic (exact) mass is 408 g/mol. The van der Waals surface area contributed by atoms with Crippen LogP contribution >= 0.6 is 0 Å². The highest BCUT2D eigenvalue weighted by Crippen LogP contribution is 2.23. The molecule has 1 atom stereocenters. The van der Waals surface area contributed by atoms with Crippen molar-refractivity contribution in [3.05, 3.63) is 81.0 Å². The van der Waals surface area contributed by atoms with E-state index in [-0.39, 0.29) is 23.9 Å². The van der Waals surface area contributed by atoms with Crippen LogP contribution in [0.2, 0.25) is 0 Å². The average Bonchev–Trinajstić information content (AvgIpc) is 3.20. The average molecular weight is 408 g/mol. The van der Waals surface area contributed by atoms with Gasteiger partial charge in [0.15, 0.2) is 5.82 Å². The van der Waals surface area contributed by atoms with Gasteiger partial charge in [-0.15, -0.1) is 0 Å². The first-order chi connectivity index (χ1) is 14.6. The summed E-state index contributed by atoms with van der Waals surface area (Å²) in [6.45, 7) is 3.53. The van der Waals surface area contributed by atoms with Gasteiger partial charge >= 0.3 is 5.63 Å². The van der Waals surface area contributed by atoms with Crippen LogP contribution in [0.25, 0.3) is 0 Å². The third kappa shape index (κ3) is 4.65. The van der Waals surface area contributed by atoms with E-state index in [9.17, 15) is 9.59 Å². The van der Waals surface area contributed by atoms with E-state index in [0.717, 1.165) is 31.5 Å². The van der Waals surface area contributed by atoms with Crippen LogP contribution in [0.1, 0.15) is 57.7 Å². The van der Waals surface area contributed by atoms with Gasteiger partial charge in [-0.05, 0) is 43.5 Å². The van der Waals surface area contributed by atoms with Gasteiger partial charge in [-0.25, -0.2) is 4.79 Å². The second-order valence-electron chi connectivity index (χ2n) is 7.49. The summed E-state index contributed by atoms with van der Waals surface area (Å²) in [6, 6.07) is 11.6. The zero-order valence-corrected chi connectivity index (χ0v) is 16.8. The fraction of sp³-hybridized carbons (Fsp3) is 0.364. The molecule has 2 aromatic heterocycles. The molecule has 0 aliphatic carbocycles. The molecule has 3 aromatic rings. The largest absolute Gasteiger partial charge is 0.427 e. The first kappa shape index (κ1) is 20.0. The summed E-state index contributed by atoms with van der Waals surface area (Å²) in [5, 5.41) is 9.90. The summed E-state index contributed by atoms with van der Waals surface area (Å²) >= 11 is 0. The number of piperidine rings is 1. The molecular weight excluding hydrogens is 384 g/mol. The zero-order valence-electron chi connectivity index (χ0n) is 16.8. The second-order valence-corrected chi connectivity index (χ2v) is 7.49. The van der Waals surface area contributed by atoms with Gasteiger partial charge in [0.05, 0.1) is 6.54 Å². The number of aryl methyl sites for hydroxylation is 1. The lowest BCUT2D eigenvalue weighted by atomic mass is 9.95. The molecule has 3 heterocycles. The van der Waals surface area contributed by atoms with Crippen molar-refractivity contribution in [3.8, 4) is 0 Å². The minimum Gasteiger partial charge on any atom is -0.427 e. The van der Waals surface area contributed by atoms with Gasteiger partial charge < -0.3 is 19.6 Å². The number of carbonyl (C=O) groups excluding carboxylic acids is 1. The smallest absolute Gasteiger partial charge is 0.349 e. The van der Waals surface area contributed by atoms with E-state index in [1.54, 1.807) is 13.0 Å². The van der Waals surface area contributed by atoms with Crippen LogP contribution in [0.5, 0.6) is 0 Å². The highest BCUT2D eigenvalue weighted by molar-refractivity contribution is 5.95. The molecule has 156 valence electrons. The quantitative estimate of drug-likeness (QED) is 0.644. The highest BCUT2D eigenvalue weighted by Gasteiger charge is 2.22. The van der Waals surface area contributed by atoms with Crippen molar-refractivity contribution in [2.45, 2.75) is 38.6 Å². The number of hydrogen-bond donors (Lipinski definition) is 2. The first-order valence-corrected chi connectivity index (χ1v) is 10.1. The van der Waals surface area contributed by atoms with E-state index in [1.807, 2.05) is 30.3 Å². The highest BCUT2D eigenvalue weighted by atomic mass is 16.5. The van der Waals surface area contributed by atoms with Crippen molar-refractivity contribution >= 4 is 5.91 Å². The molecule has 1 unspecified atom stereocenters. The zero-order chi connectivity index (χ0) is 20.9. The van der Waals surface area contributed by atoms with E-state index in [4.69, 9.17) is 8.94 Å². The molecule has 1 aliphatic heterocycles. The molecular formula is C22H24N4O4. The number of carbonyl (C=O) groups is 1. The molecule has 1 aliphatic rings.